The van der Waals surface area contributed by atoms with E-state index in [1.807, 2.05) is 13.0 Å². The van der Waals surface area contributed by atoms with Gasteiger partial charge in [-0.2, -0.15) is 0 Å². The zero-order chi connectivity index (χ0) is 14.5. The lowest BCUT2D eigenvalue weighted by atomic mass is 10.1. The van der Waals surface area contributed by atoms with Crippen LogP contribution >= 0.6 is 0 Å². The van der Waals surface area contributed by atoms with Crippen LogP contribution in [0.2, 0.25) is 0 Å². The van der Waals surface area contributed by atoms with Gasteiger partial charge in [0.15, 0.2) is 0 Å². The zero-order valence-corrected chi connectivity index (χ0v) is 12.1. The summed E-state index contributed by atoms with van der Waals surface area (Å²) in [7, 11) is 0. The summed E-state index contributed by atoms with van der Waals surface area (Å²) < 4.78 is 10.9. The molecule has 1 heterocycles. The van der Waals surface area contributed by atoms with Crippen LogP contribution in [0.5, 0.6) is 0 Å². The Hall–Kier alpha value is -1.59. The first-order chi connectivity index (χ1) is 9.61. The molecule has 1 aromatic carbocycles. The Labute approximate surface area is 119 Å². The third kappa shape index (κ3) is 3.49. The number of carbonyl (C=O) groups is 1. The molecule has 5 heteroatoms. The number of para-hydroxylation sites is 1. The molecule has 5 nitrogen and oxygen atoms in total. The van der Waals surface area contributed by atoms with E-state index in [1.165, 1.54) is 0 Å². The number of carbonyl (C=O) groups excluding carboxylic acids is 1. The van der Waals surface area contributed by atoms with Gasteiger partial charge in [0.1, 0.15) is 12.7 Å². The number of nitrogens with two attached hydrogens (primary N) is 1. The molecule has 0 aliphatic carbocycles. The number of hydrogen-bond acceptors (Lipinski definition) is 5. The number of esters is 1. The summed E-state index contributed by atoms with van der Waals surface area (Å²) in [5.74, 6) is -0.386. The Morgan fingerprint density at radius 2 is 2.35 bits per heavy atom. The molecule has 110 valence electrons. The molecule has 1 aliphatic rings. The van der Waals surface area contributed by atoms with Crippen molar-refractivity contribution in [3.05, 3.63) is 29.3 Å². The molecular weight excluding hydrogens is 256 g/mol. The van der Waals surface area contributed by atoms with E-state index in [1.54, 1.807) is 12.1 Å². The Morgan fingerprint density at radius 1 is 1.55 bits per heavy atom. The SMILES string of the molecule is CCN1CCOC(COC(=O)c2cccc(C)c2N)C1. The normalized spacial score (nSPS) is 19.8. The summed E-state index contributed by atoms with van der Waals surface area (Å²) in [6.07, 6.45) is -0.0568. The van der Waals surface area contributed by atoms with Crippen molar-refractivity contribution in [1.82, 2.24) is 4.90 Å². The van der Waals surface area contributed by atoms with E-state index in [2.05, 4.69) is 11.8 Å². The van der Waals surface area contributed by atoms with E-state index in [0.717, 1.165) is 25.2 Å². The molecule has 1 saturated heterocycles. The molecule has 0 spiro atoms. The minimum Gasteiger partial charge on any atom is -0.459 e. The highest BCUT2D eigenvalue weighted by Crippen LogP contribution is 2.17. The molecule has 0 radical (unpaired) electrons. The van der Waals surface area contributed by atoms with E-state index >= 15 is 0 Å². The summed E-state index contributed by atoms with van der Waals surface area (Å²) in [6.45, 7) is 7.65. The van der Waals surface area contributed by atoms with Crippen molar-refractivity contribution in [3.8, 4) is 0 Å². The van der Waals surface area contributed by atoms with Gasteiger partial charge in [-0.25, -0.2) is 4.79 Å². The zero-order valence-electron chi connectivity index (χ0n) is 12.1. The third-order valence-electron chi connectivity index (χ3n) is 3.61. The number of ether oxygens (including phenoxy) is 2. The average molecular weight is 278 g/mol. The van der Waals surface area contributed by atoms with Crippen LogP contribution in [0.1, 0.15) is 22.8 Å². The number of nitrogens with zero attached hydrogens (tertiary/aromatic N) is 1. The van der Waals surface area contributed by atoms with Gasteiger partial charge in [0.2, 0.25) is 0 Å². The van der Waals surface area contributed by atoms with Crippen LogP contribution in [0.15, 0.2) is 18.2 Å². The fourth-order valence-electron chi connectivity index (χ4n) is 2.27. The monoisotopic (exact) mass is 278 g/mol. The number of hydrogen-bond donors (Lipinski definition) is 1. The fraction of sp³-hybridized carbons (Fsp3) is 0.533. The molecule has 2 N–H and O–H groups in total. The maximum absolute atomic E-state index is 12.0. The maximum Gasteiger partial charge on any atom is 0.340 e. The van der Waals surface area contributed by atoms with Crippen molar-refractivity contribution < 1.29 is 14.3 Å². The minimum absolute atomic E-state index is 0.0568. The number of aryl methyl sites for hydroxylation is 1. The first-order valence-electron chi connectivity index (χ1n) is 6.98. The van der Waals surface area contributed by atoms with Crippen molar-refractivity contribution in [2.75, 3.05) is 38.6 Å². The highest BCUT2D eigenvalue weighted by molar-refractivity contribution is 5.95. The second-order valence-corrected chi connectivity index (χ2v) is 5.02. The van der Waals surface area contributed by atoms with Gasteiger partial charge in [0.25, 0.3) is 0 Å². The molecule has 0 saturated carbocycles. The summed E-state index contributed by atoms with van der Waals surface area (Å²) >= 11 is 0. The highest BCUT2D eigenvalue weighted by Gasteiger charge is 2.21. The van der Waals surface area contributed by atoms with Crippen LogP contribution in [0.3, 0.4) is 0 Å². The molecule has 0 bridgehead atoms. The second-order valence-electron chi connectivity index (χ2n) is 5.02. The molecule has 1 unspecified atom stereocenters. The molecule has 0 aromatic heterocycles. The van der Waals surface area contributed by atoms with Crippen LogP contribution in [0.25, 0.3) is 0 Å². The van der Waals surface area contributed by atoms with Gasteiger partial charge < -0.3 is 15.2 Å². The summed E-state index contributed by atoms with van der Waals surface area (Å²) in [6, 6.07) is 5.36. The minimum atomic E-state index is -0.386. The van der Waals surface area contributed by atoms with Crippen LogP contribution in [0.4, 0.5) is 5.69 Å². The van der Waals surface area contributed by atoms with Gasteiger partial charge >= 0.3 is 5.97 Å². The number of anilines is 1. The number of benzene rings is 1. The van der Waals surface area contributed by atoms with Crippen molar-refractivity contribution in [2.45, 2.75) is 20.0 Å². The molecule has 20 heavy (non-hydrogen) atoms. The Balaban J connectivity index is 1.90. The third-order valence-corrected chi connectivity index (χ3v) is 3.61. The average Bonchev–Trinajstić information content (AvgIpc) is 2.48. The lowest BCUT2D eigenvalue weighted by molar-refractivity contribution is -0.0578. The maximum atomic E-state index is 12.0. The lowest BCUT2D eigenvalue weighted by Crippen LogP contribution is -2.44. The van der Waals surface area contributed by atoms with Crippen molar-refractivity contribution in [2.24, 2.45) is 0 Å². The van der Waals surface area contributed by atoms with Crippen LogP contribution in [0, 0.1) is 6.92 Å². The molecule has 1 aliphatic heterocycles. The van der Waals surface area contributed by atoms with Gasteiger partial charge in [0.05, 0.1) is 12.2 Å². The van der Waals surface area contributed by atoms with E-state index < -0.39 is 0 Å². The molecule has 1 fully saturated rings. The Bertz CT molecular complexity index is 476. The number of nitrogen functional groups attached to an aromatic ring is 1. The Kier molecular flexibility index (Phi) is 4.98. The molecular formula is C15H22N2O3. The summed E-state index contributed by atoms with van der Waals surface area (Å²) in [4.78, 5) is 14.3. The highest BCUT2D eigenvalue weighted by atomic mass is 16.6. The first kappa shape index (κ1) is 14.8. The quantitative estimate of drug-likeness (QED) is 0.667. The lowest BCUT2D eigenvalue weighted by Gasteiger charge is -2.31. The van der Waals surface area contributed by atoms with Gasteiger partial charge in [0, 0.05) is 18.8 Å². The van der Waals surface area contributed by atoms with Crippen molar-refractivity contribution in [3.63, 3.8) is 0 Å². The number of rotatable bonds is 4. The first-order valence-corrected chi connectivity index (χ1v) is 6.98. The predicted molar refractivity (Wildman–Crippen MR) is 77.7 cm³/mol. The number of likely N-dealkylation sites (N-methyl/N-ethyl adjacent to an activating group) is 1. The van der Waals surface area contributed by atoms with E-state index in [-0.39, 0.29) is 18.7 Å². The van der Waals surface area contributed by atoms with Gasteiger partial charge in [-0.3, -0.25) is 4.90 Å². The van der Waals surface area contributed by atoms with Crippen molar-refractivity contribution >= 4 is 11.7 Å². The van der Waals surface area contributed by atoms with Gasteiger partial charge in [-0.1, -0.05) is 19.1 Å². The van der Waals surface area contributed by atoms with Crippen LogP contribution in [-0.4, -0.2) is 49.8 Å². The van der Waals surface area contributed by atoms with E-state index in [0.29, 0.717) is 17.9 Å². The molecule has 0 amide bonds. The summed E-state index contributed by atoms with van der Waals surface area (Å²) in [5, 5.41) is 0. The largest absolute Gasteiger partial charge is 0.459 e. The second kappa shape index (κ2) is 6.72. The Morgan fingerprint density at radius 3 is 3.10 bits per heavy atom. The van der Waals surface area contributed by atoms with Crippen molar-refractivity contribution in [1.29, 1.82) is 0 Å². The topological polar surface area (TPSA) is 64.8 Å². The van der Waals surface area contributed by atoms with E-state index in [9.17, 15) is 4.79 Å². The standard InChI is InChI=1S/C15H22N2O3/c1-3-17-7-8-19-12(9-17)10-20-15(18)13-6-4-5-11(2)14(13)16/h4-6,12H,3,7-10,16H2,1-2H3. The number of morpholine rings is 1. The predicted octanol–water partition coefficient (Wildman–Crippen LogP) is 1.45. The van der Waals surface area contributed by atoms with Crippen LogP contribution < -0.4 is 5.73 Å². The van der Waals surface area contributed by atoms with Gasteiger partial charge in [-0.15, -0.1) is 0 Å². The van der Waals surface area contributed by atoms with Crippen LogP contribution in [-0.2, 0) is 9.47 Å². The molecule has 1 aromatic rings. The molecule has 1 atom stereocenters. The summed E-state index contributed by atoms with van der Waals surface area (Å²) in [5.41, 5.74) is 7.68. The smallest absolute Gasteiger partial charge is 0.340 e. The molecule has 2 rings (SSSR count). The van der Waals surface area contributed by atoms with E-state index in [4.69, 9.17) is 15.2 Å². The fourth-order valence-corrected chi connectivity index (χ4v) is 2.27. The van der Waals surface area contributed by atoms with Gasteiger partial charge in [-0.05, 0) is 25.1 Å².